The third kappa shape index (κ3) is 4.33. The van der Waals surface area contributed by atoms with Gasteiger partial charge in [0.1, 0.15) is 0 Å². The molecule has 0 aliphatic heterocycles. The van der Waals surface area contributed by atoms with Crippen LogP contribution in [0.15, 0.2) is 42.5 Å². The molecule has 2 rings (SSSR count). The Labute approximate surface area is 137 Å². The Morgan fingerprint density at radius 3 is 1.88 bits per heavy atom. The molecule has 124 valence electrons. The molecule has 7 heteroatoms. The van der Waals surface area contributed by atoms with Crippen molar-refractivity contribution in [3.8, 4) is 17.2 Å². The molecule has 0 aliphatic rings. The molecular formula is C17H15NO6. The van der Waals surface area contributed by atoms with Gasteiger partial charge in [-0.15, -0.1) is 0 Å². The van der Waals surface area contributed by atoms with E-state index < -0.39 is 23.6 Å². The molecule has 7 nitrogen and oxygen atoms in total. The van der Waals surface area contributed by atoms with Crippen molar-refractivity contribution in [2.75, 3.05) is 5.32 Å². The highest BCUT2D eigenvalue weighted by molar-refractivity contribution is 6.04. The number of esters is 2. The first-order valence-electron chi connectivity index (χ1n) is 6.97. The lowest BCUT2D eigenvalue weighted by atomic mass is 10.2. The fraction of sp³-hybridized carbons (Fsp3) is 0.118. The number of nitrogens with one attached hydrogen (secondary N) is 1. The maximum absolute atomic E-state index is 12.2. The number of hydrogen-bond acceptors (Lipinski definition) is 6. The summed E-state index contributed by atoms with van der Waals surface area (Å²) in [5.41, 5.74) is 0.600. The van der Waals surface area contributed by atoms with E-state index in [2.05, 4.69) is 5.32 Å². The van der Waals surface area contributed by atoms with Crippen LogP contribution in [0.2, 0.25) is 0 Å². The maximum atomic E-state index is 12.2. The second-order valence-electron chi connectivity index (χ2n) is 4.83. The van der Waals surface area contributed by atoms with Crippen molar-refractivity contribution in [1.82, 2.24) is 0 Å². The fourth-order valence-corrected chi connectivity index (χ4v) is 1.91. The van der Waals surface area contributed by atoms with Crippen LogP contribution in [0.25, 0.3) is 0 Å². The van der Waals surface area contributed by atoms with Crippen molar-refractivity contribution in [3.63, 3.8) is 0 Å². The second kappa shape index (κ2) is 7.28. The van der Waals surface area contributed by atoms with E-state index in [9.17, 15) is 19.5 Å². The van der Waals surface area contributed by atoms with Crippen molar-refractivity contribution >= 4 is 23.5 Å². The topological polar surface area (TPSA) is 102 Å². The van der Waals surface area contributed by atoms with Crippen LogP contribution < -0.4 is 14.8 Å². The first kappa shape index (κ1) is 17.0. The first-order chi connectivity index (χ1) is 11.4. The Morgan fingerprint density at radius 1 is 0.917 bits per heavy atom. The Bertz CT molecular complexity index is 748. The van der Waals surface area contributed by atoms with Crippen LogP contribution >= 0.6 is 0 Å². The minimum Gasteiger partial charge on any atom is -0.502 e. The van der Waals surface area contributed by atoms with Gasteiger partial charge in [-0.2, -0.15) is 0 Å². The molecule has 0 radical (unpaired) electrons. The number of amides is 1. The molecule has 0 unspecified atom stereocenters. The summed E-state index contributed by atoms with van der Waals surface area (Å²) in [6.07, 6.45) is 0. The number of phenols is 1. The molecule has 0 aliphatic carbocycles. The summed E-state index contributed by atoms with van der Waals surface area (Å²) in [6.45, 7) is 2.31. The van der Waals surface area contributed by atoms with Crippen molar-refractivity contribution in [2.24, 2.45) is 0 Å². The van der Waals surface area contributed by atoms with E-state index in [1.54, 1.807) is 30.3 Å². The largest absolute Gasteiger partial charge is 0.502 e. The van der Waals surface area contributed by atoms with Crippen LogP contribution in [0.3, 0.4) is 0 Å². The van der Waals surface area contributed by atoms with Gasteiger partial charge in [0.05, 0.1) is 0 Å². The highest BCUT2D eigenvalue weighted by Gasteiger charge is 2.17. The van der Waals surface area contributed by atoms with Gasteiger partial charge >= 0.3 is 11.9 Å². The van der Waals surface area contributed by atoms with Crippen LogP contribution in [0.5, 0.6) is 17.2 Å². The highest BCUT2D eigenvalue weighted by atomic mass is 16.6. The molecule has 0 saturated heterocycles. The summed E-state index contributed by atoms with van der Waals surface area (Å²) in [7, 11) is 0. The Balaban J connectivity index is 2.36. The molecule has 0 bridgehead atoms. The van der Waals surface area contributed by atoms with Crippen molar-refractivity contribution in [3.05, 3.63) is 48.0 Å². The molecule has 0 saturated carbocycles. The number of anilines is 1. The van der Waals surface area contributed by atoms with Gasteiger partial charge in [-0.3, -0.25) is 14.4 Å². The van der Waals surface area contributed by atoms with Crippen LogP contribution in [0.4, 0.5) is 5.69 Å². The third-order valence-electron chi connectivity index (χ3n) is 2.84. The minimum absolute atomic E-state index is 0.189. The Kier molecular flexibility index (Phi) is 5.16. The van der Waals surface area contributed by atoms with Gasteiger partial charge in [0.15, 0.2) is 11.5 Å². The fourth-order valence-electron chi connectivity index (χ4n) is 1.91. The lowest BCUT2D eigenvalue weighted by molar-refractivity contribution is -0.132. The smallest absolute Gasteiger partial charge is 0.308 e. The average Bonchev–Trinajstić information content (AvgIpc) is 2.51. The van der Waals surface area contributed by atoms with Crippen LogP contribution in [0.1, 0.15) is 24.2 Å². The highest BCUT2D eigenvalue weighted by Crippen LogP contribution is 2.39. The summed E-state index contributed by atoms with van der Waals surface area (Å²) in [5.74, 6) is -2.74. The van der Waals surface area contributed by atoms with E-state index in [4.69, 9.17) is 9.47 Å². The third-order valence-corrected chi connectivity index (χ3v) is 2.84. The molecule has 0 atom stereocenters. The normalized spacial score (nSPS) is 9.92. The molecular weight excluding hydrogens is 314 g/mol. The summed E-state index contributed by atoms with van der Waals surface area (Å²) < 4.78 is 9.73. The van der Waals surface area contributed by atoms with E-state index in [-0.39, 0.29) is 17.2 Å². The molecule has 2 N–H and O–H groups in total. The van der Waals surface area contributed by atoms with Gasteiger partial charge < -0.3 is 19.9 Å². The summed E-state index contributed by atoms with van der Waals surface area (Å²) in [6, 6.07) is 10.9. The molecule has 0 heterocycles. The number of phenolic OH excluding ortho intramolecular Hbond substituents is 1. The molecule has 0 spiro atoms. The zero-order valence-corrected chi connectivity index (χ0v) is 13.0. The first-order valence-corrected chi connectivity index (χ1v) is 6.97. The predicted octanol–water partition coefficient (Wildman–Crippen LogP) is 2.50. The lowest BCUT2D eigenvalue weighted by Gasteiger charge is -2.12. The van der Waals surface area contributed by atoms with Crippen molar-refractivity contribution in [1.29, 1.82) is 0 Å². The Morgan fingerprint density at radius 2 is 1.42 bits per heavy atom. The standard InChI is InChI=1S/C17H15NO6/c1-10(19)23-14-8-13(9-15(16(14)21)24-11(2)20)18-17(22)12-6-4-3-5-7-12/h3-9,21H,1-2H3,(H,18,22). The Hall–Kier alpha value is -3.35. The van der Waals surface area contributed by atoms with E-state index in [1.807, 2.05) is 0 Å². The number of carbonyl (C=O) groups is 3. The number of carbonyl (C=O) groups excluding carboxylic acids is 3. The summed E-state index contributed by atoms with van der Waals surface area (Å²) in [5, 5.41) is 12.6. The maximum Gasteiger partial charge on any atom is 0.308 e. The molecule has 0 fully saturated rings. The minimum atomic E-state index is -0.675. The summed E-state index contributed by atoms with van der Waals surface area (Å²) >= 11 is 0. The quantitative estimate of drug-likeness (QED) is 0.507. The van der Waals surface area contributed by atoms with Crippen molar-refractivity contribution in [2.45, 2.75) is 13.8 Å². The average molecular weight is 329 g/mol. The van der Waals surface area contributed by atoms with Gasteiger partial charge in [-0.05, 0) is 12.1 Å². The number of aromatic hydroxyl groups is 1. The van der Waals surface area contributed by atoms with Crippen LogP contribution in [0, 0.1) is 0 Å². The van der Waals surface area contributed by atoms with Gasteiger partial charge in [-0.1, -0.05) is 18.2 Å². The van der Waals surface area contributed by atoms with Gasteiger partial charge in [0.25, 0.3) is 5.91 Å². The SMILES string of the molecule is CC(=O)Oc1cc(NC(=O)c2ccccc2)cc(OC(C)=O)c1O. The zero-order valence-electron chi connectivity index (χ0n) is 13.0. The number of rotatable bonds is 4. The number of benzene rings is 2. The van der Waals surface area contributed by atoms with E-state index in [1.165, 1.54) is 12.1 Å². The van der Waals surface area contributed by atoms with Crippen LogP contribution in [-0.4, -0.2) is 23.0 Å². The second-order valence-corrected chi connectivity index (χ2v) is 4.83. The zero-order chi connectivity index (χ0) is 17.7. The van der Waals surface area contributed by atoms with Crippen molar-refractivity contribution < 1.29 is 29.0 Å². The molecule has 2 aromatic carbocycles. The molecule has 1 amide bonds. The van der Waals surface area contributed by atoms with Gasteiger partial charge in [0, 0.05) is 37.2 Å². The van der Waals surface area contributed by atoms with Gasteiger partial charge in [0.2, 0.25) is 5.75 Å². The monoisotopic (exact) mass is 329 g/mol. The predicted molar refractivity (Wildman–Crippen MR) is 85.1 cm³/mol. The molecule has 0 aromatic heterocycles. The molecule has 24 heavy (non-hydrogen) atoms. The number of hydrogen-bond donors (Lipinski definition) is 2. The lowest BCUT2D eigenvalue weighted by Crippen LogP contribution is -2.12. The summed E-state index contributed by atoms with van der Waals surface area (Å²) in [4.78, 5) is 34.4. The number of ether oxygens (including phenoxy) is 2. The molecule has 2 aromatic rings. The van der Waals surface area contributed by atoms with E-state index in [0.717, 1.165) is 13.8 Å². The van der Waals surface area contributed by atoms with E-state index in [0.29, 0.717) is 5.56 Å². The van der Waals surface area contributed by atoms with Gasteiger partial charge in [-0.25, -0.2) is 0 Å². The van der Waals surface area contributed by atoms with Crippen LogP contribution in [-0.2, 0) is 9.59 Å². The van der Waals surface area contributed by atoms with E-state index >= 15 is 0 Å².